The Bertz CT molecular complexity index is 961. The lowest BCUT2D eigenvalue weighted by molar-refractivity contribution is -0.130. The highest BCUT2D eigenvalue weighted by atomic mass is 16.6. The monoisotopic (exact) mass is 365 g/mol. The number of cyclic esters (lactones) is 1. The van der Waals surface area contributed by atoms with Crippen molar-refractivity contribution in [2.75, 3.05) is 26.2 Å². The molecule has 4 rings (SSSR count). The molecule has 0 aromatic heterocycles. The number of carboxylic acid groups (broad SMARTS) is 1. The van der Waals surface area contributed by atoms with E-state index in [1.54, 1.807) is 6.20 Å². The predicted molar refractivity (Wildman–Crippen MR) is 100 cm³/mol. The van der Waals surface area contributed by atoms with Gasteiger partial charge in [-0.05, 0) is 23.3 Å². The third-order valence-electron chi connectivity index (χ3n) is 4.75. The molecule has 1 N–H and O–H groups in total. The molecule has 7 heteroatoms. The van der Waals surface area contributed by atoms with Crippen LogP contribution in [0.15, 0.2) is 59.4 Å². The van der Waals surface area contributed by atoms with E-state index in [1.807, 2.05) is 47.4 Å². The van der Waals surface area contributed by atoms with E-state index in [2.05, 4.69) is 4.99 Å². The Morgan fingerprint density at radius 3 is 2.74 bits per heavy atom. The van der Waals surface area contributed by atoms with Crippen LogP contribution < -0.4 is 0 Å². The van der Waals surface area contributed by atoms with Gasteiger partial charge in [0.1, 0.15) is 0 Å². The summed E-state index contributed by atoms with van der Waals surface area (Å²) in [5.74, 6) is -0.192. The highest BCUT2D eigenvalue weighted by Gasteiger charge is 2.26. The highest BCUT2D eigenvalue weighted by molar-refractivity contribution is 6.16. The number of ether oxygens (including phenoxy) is 1. The molecule has 0 saturated carbocycles. The number of hydrogen-bond donors (Lipinski definition) is 1. The van der Waals surface area contributed by atoms with Crippen molar-refractivity contribution < 1.29 is 19.4 Å². The minimum Gasteiger partial charge on any atom is -0.465 e. The maximum Gasteiger partial charge on any atom is 0.407 e. The number of nitrogens with zero attached hydrogens (tertiary/aromatic N) is 3. The van der Waals surface area contributed by atoms with Crippen LogP contribution in [0, 0.1) is 0 Å². The van der Waals surface area contributed by atoms with E-state index < -0.39 is 12.1 Å². The van der Waals surface area contributed by atoms with E-state index in [9.17, 15) is 9.59 Å². The summed E-state index contributed by atoms with van der Waals surface area (Å²) in [5, 5.41) is 11.1. The molecule has 2 heterocycles. The molecule has 7 nitrogen and oxygen atoms in total. The fraction of sp³-hybridized carbons (Fsp3) is 0.250. The van der Waals surface area contributed by atoms with Gasteiger partial charge in [0.25, 0.3) is 0 Å². The molecule has 138 valence electrons. The van der Waals surface area contributed by atoms with Gasteiger partial charge in [-0.3, -0.25) is 0 Å². The van der Waals surface area contributed by atoms with Gasteiger partial charge < -0.3 is 19.6 Å². The molecule has 27 heavy (non-hydrogen) atoms. The lowest BCUT2D eigenvalue weighted by Gasteiger charge is -2.18. The molecular weight excluding hydrogens is 346 g/mol. The second-order valence-electron chi connectivity index (χ2n) is 6.51. The Labute approximate surface area is 156 Å². The second kappa shape index (κ2) is 7.11. The van der Waals surface area contributed by atoms with Gasteiger partial charge in [-0.2, -0.15) is 0 Å². The number of carbonyl (C=O) groups excluding carboxylic acids is 1. The maximum atomic E-state index is 12.3. The van der Waals surface area contributed by atoms with Gasteiger partial charge in [0.05, 0.1) is 0 Å². The minimum absolute atomic E-state index is 0.238. The SMILES string of the molecule is O=C1OC(c2cccc3ccccc23)=NC1=CN1CCCN(C(=O)O)CC1. The van der Waals surface area contributed by atoms with Crippen molar-refractivity contribution in [1.82, 2.24) is 9.80 Å². The summed E-state index contributed by atoms with van der Waals surface area (Å²) in [4.78, 5) is 31.1. The number of esters is 1. The van der Waals surface area contributed by atoms with Crippen molar-refractivity contribution in [2.24, 2.45) is 4.99 Å². The zero-order valence-corrected chi connectivity index (χ0v) is 14.7. The molecule has 1 saturated heterocycles. The molecule has 0 bridgehead atoms. The van der Waals surface area contributed by atoms with Crippen LogP contribution in [0.4, 0.5) is 4.79 Å². The van der Waals surface area contributed by atoms with Crippen molar-refractivity contribution in [1.29, 1.82) is 0 Å². The minimum atomic E-state index is -0.916. The first kappa shape index (κ1) is 17.1. The lowest BCUT2D eigenvalue weighted by atomic mass is 10.0. The molecule has 0 radical (unpaired) electrons. The Morgan fingerprint density at radius 1 is 1.07 bits per heavy atom. The van der Waals surface area contributed by atoms with Crippen molar-refractivity contribution in [2.45, 2.75) is 6.42 Å². The van der Waals surface area contributed by atoms with E-state index in [1.165, 1.54) is 4.90 Å². The van der Waals surface area contributed by atoms with Gasteiger partial charge in [-0.1, -0.05) is 36.4 Å². The smallest absolute Gasteiger partial charge is 0.407 e. The molecule has 0 spiro atoms. The topological polar surface area (TPSA) is 82.4 Å². The van der Waals surface area contributed by atoms with Crippen molar-refractivity contribution in [3.05, 3.63) is 59.9 Å². The zero-order chi connectivity index (χ0) is 18.8. The Hall–Kier alpha value is -3.35. The summed E-state index contributed by atoms with van der Waals surface area (Å²) in [5.41, 5.74) is 1.01. The van der Waals surface area contributed by atoms with Crippen LogP contribution in [0.25, 0.3) is 10.8 Å². The molecule has 2 aliphatic heterocycles. The summed E-state index contributed by atoms with van der Waals surface area (Å²) in [6, 6.07) is 13.7. The van der Waals surface area contributed by atoms with Crippen LogP contribution in [-0.4, -0.2) is 59.0 Å². The average molecular weight is 365 g/mol. The molecule has 2 aromatic carbocycles. The van der Waals surface area contributed by atoms with Crippen LogP contribution in [-0.2, 0) is 9.53 Å². The van der Waals surface area contributed by atoms with Gasteiger partial charge in [0.15, 0.2) is 5.70 Å². The molecule has 0 atom stereocenters. The largest absolute Gasteiger partial charge is 0.465 e. The van der Waals surface area contributed by atoms with E-state index in [0.29, 0.717) is 38.5 Å². The third-order valence-corrected chi connectivity index (χ3v) is 4.75. The van der Waals surface area contributed by atoms with Crippen molar-refractivity contribution >= 4 is 28.7 Å². The van der Waals surface area contributed by atoms with Gasteiger partial charge in [0, 0.05) is 37.9 Å². The number of amides is 1. The van der Waals surface area contributed by atoms with Crippen molar-refractivity contribution in [3.63, 3.8) is 0 Å². The van der Waals surface area contributed by atoms with Crippen LogP contribution in [0.1, 0.15) is 12.0 Å². The summed E-state index contributed by atoms with van der Waals surface area (Å²) >= 11 is 0. The van der Waals surface area contributed by atoms with Gasteiger partial charge in [-0.25, -0.2) is 14.6 Å². The van der Waals surface area contributed by atoms with Crippen LogP contribution >= 0.6 is 0 Å². The summed E-state index contributed by atoms with van der Waals surface area (Å²) in [6.07, 6.45) is 1.46. The van der Waals surface area contributed by atoms with Crippen LogP contribution in [0.5, 0.6) is 0 Å². The number of carbonyl (C=O) groups is 2. The first-order valence-corrected chi connectivity index (χ1v) is 8.84. The molecule has 1 fully saturated rings. The Morgan fingerprint density at radius 2 is 1.89 bits per heavy atom. The third kappa shape index (κ3) is 3.48. The van der Waals surface area contributed by atoms with E-state index in [-0.39, 0.29) is 5.70 Å². The van der Waals surface area contributed by atoms with Crippen LogP contribution in [0.3, 0.4) is 0 Å². The first-order valence-electron chi connectivity index (χ1n) is 8.84. The highest BCUT2D eigenvalue weighted by Crippen LogP contribution is 2.24. The molecule has 0 aliphatic carbocycles. The van der Waals surface area contributed by atoms with E-state index in [0.717, 1.165) is 16.3 Å². The quantitative estimate of drug-likeness (QED) is 0.654. The fourth-order valence-electron chi connectivity index (χ4n) is 3.36. The maximum absolute atomic E-state index is 12.3. The number of fused-ring (bicyclic) bond motifs is 1. The summed E-state index contributed by atoms with van der Waals surface area (Å²) < 4.78 is 5.41. The zero-order valence-electron chi connectivity index (χ0n) is 14.7. The normalized spacial score (nSPS) is 19.2. The predicted octanol–water partition coefficient (Wildman–Crippen LogP) is 2.67. The fourth-order valence-corrected chi connectivity index (χ4v) is 3.36. The number of aliphatic imine (C=N–C) groups is 1. The van der Waals surface area contributed by atoms with Crippen molar-refractivity contribution in [3.8, 4) is 0 Å². The molecule has 2 aliphatic rings. The molecule has 1 amide bonds. The number of rotatable bonds is 2. The first-order chi connectivity index (χ1) is 13.1. The molecular formula is C20H19N3O4. The van der Waals surface area contributed by atoms with Crippen LogP contribution in [0.2, 0.25) is 0 Å². The summed E-state index contributed by atoms with van der Waals surface area (Å²) in [7, 11) is 0. The van der Waals surface area contributed by atoms with Gasteiger partial charge >= 0.3 is 12.1 Å². The molecule has 0 unspecified atom stereocenters. The summed E-state index contributed by atoms with van der Waals surface area (Å²) in [6.45, 7) is 2.07. The number of benzene rings is 2. The Kier molecular flexibility index (Phi) is 4.50. The van der Waals surface area contributed by atoms with E-state index >= 15 is 0 Å². The second-order valence-corrected chi connectivity index (χ2v) is 6.51. The van der Waals surface area contributed by atoms with E-state index in [4.69, 9.17) is 9.84 Å². The number of hydrogen-bond acceptors (Lipinski definition) is 5. The lowest BCUT2D eigenvalue weighted by Crippen LogP contribution is -2.33. The Balaban J connectivity index is 1.59. The standard InChI is InChI=1S/C20H19N3O4/c24-19-17(13-22-9-4-10-23(12-11-22)20(25)26)21-18(27-19)16-8-3-6-14-5-1-2-7-15(14)16/h1-3,5-8,13H,4,9-12H2,(H,25,26). The van der Waals surface area contributed by atoms with Gasteiger partial charge in [0.2, 0.25) is 5.90 Å². The molecule has 2 aromatic rings. The average Bonchev–Trinajstić information content (AvgIpc) is 2.88. The van der Waals surface area contributed by atoms with Gasteiger partial charge in [-0.15, -0.1) is 0 Å².